The van der Waals surface area contributed by atoms with Gasteiger partial charge in [0, 0.05) is 26.7 Å². The molecule has 3 N–H and O–H groups in total. The Hall–Kier alpha value is -4.14. The lowest BCUT2D eigenvalue weighted by molar-refractivity contribution is -0.116. The molecular weight excluding hydrogens is 539 g/mol. The van der Waals surface area contributed by atoms with Gasteiger partial charge in [-0.25, -0.2) is 0 Å². The quantitative estimate of drug-likeness (QED) is 0.138. The Morgan fingerprint density at radius 3 is 2.40 bits per heavy atom. The number of benzene rings is 3. The van der Waals surface area contributed by atoms with Gasteiger partial charge >= 0.3 is 0 Å². The first kappa shape index (κ1) is 28.9. The van der Waals surface area contributed by atoms with Crippen molar-refractivity contribution in [2.24, 2.45) is 0 Å². The molecule has 6 nitrogen and oxygen atoms in total. The number of aryl methyl sites for hydroxylation is 2. The minimum atomic E-state index is -0.445. The minimum Gasteiger partial charge on any atom is -0.325 e. The highest BCUT2D eigenvalue weighted by molar-refractivity contribution is 8.00. The first-order valence-electron chi connectivity index (χ1n) is 12.9. The maximum absolute atomic E-state index is 13.3. The highest BCUT2D eigenvalue weighted by Gasteiger charge is 2.20. The predicted octanol–water partition coefficient (Wildman–Crippen LogP) is 7.28. The van der Waals surface area contributed by atoms with Crippen molar-refractivity contribution in [2.45, 2.75) is 37.3 Å². The van der Waals surface area contributed by atoms with Crippen LogP contribution in [0.4, 0.5) is 11.4 Å². The average Bonchev–Trinajstić information content (AvgIpc) is 3.46. The van der Waals surface area contributed by atoms with Crippen molar-refractivity contribution < 1.29 is 14.4 Å². The van der Waals surface area contributed by atoms with Gasteiger partial charge < -0.3 is 16.0 Å². The second-order valence-electron chi connectivity index (χ2n) is 9.20. The van der Waals surface area contributed by atoms with Gasteiger partial charge in [-0.15, -0.1) is 23.1 Å². The maximum atomic E-state index is 13.3. The fraction of sp³-hybridized carbons (Fsp3) is 0.156. The third-order valence-electron chi connectivity index (χ3n) is 6.03. The monoisotopic (exact) mass is 569 g/mol. The van der Waals surface area contributed by atoms with E-state index in [1.54, 1.807) is 36.4 Å². The van der Waals surface area contributed by atoms with Crippen molar-refractivity contribution in [3.05, 3.63) is 118 Å². The van der Waals surface area contributed by atoms with Crippen LogP contribution in [0.5, 0.6) is 0 Å². The van der Waals surface area contributed by atoms with Crippen molar-refractivity contribution in [3.63, 3.8) is 0 Å². The van der Waals surface area contributed by atoms with E-state index in [1.807, 2.05) is 80.7 Å². The number of rotatable bonds is 10. The molecule has 1 aromatic heterocycles. The maximum Gasteiger partial charge on any atom is 0.272 e. The highest BCUT2D eigenvalue weighted by atomic mass is 32.2. The second kappa shape index (κ2) is 13.8. The van der Waals surface area contributed by atoms with Crippen LogP contribution in [0.25, 0.3) is 6.08 Å². The summed E-state index contributed by atoms with van der Waals surface area (Å²) in [5.74, 6) is -0.887. The number of carbonyl (C=O) groups is 3. The second-order valence-corrected chi connectivity index (χ2v) is 11.5. The van der Waals surface area contributed by atoms with Gasteiger partial charge in [-0.1, -0.05) is 55.0 Å². The van der Waals surface area contributed by atoms with Crippen molar-refractivity contribution in [3.8, 4) is 0 Å². The SMILES string of the molecule is CCC(Sc1cccc(NC(=O)/C(=C/c2cccs2)NC(=O)c2ccccc2)c1)C(=O)Nc1ccc(C)cc1C. The molecule has 0 aliphatic carbocycles. The molecule has 0 bridgehead atoms. The van der Waals surface area contributed by atoms with Crippen LogP contribution in [0.1, 0.15) is 39.7 Å². The summed E-state index contributed by atoms with van der Waals surface area (Å²) < 4.78 is 0. The number of hydrogen-bond acceptors (Lipinski definition) is 5. The molecule has 1 unspecified atom stereocenters. The topological polar surface area (TPSA) is 87.3 Å². The van der Waals surface area contributed by atoms with Crippen molar-refractivity contribution in [1.82, 2.24) is 5.32 Å². The Kier molecular flexibility index (Phi) is 9.94. The van der Waals surface area contributed by atoms with Crippen LogP contribution >= 0.6 is 23.1 Å². The van der Waals surface area contributed by atoms with E-state index < -0.39 is 5.91 Å². The molecule has 0 saturated carbocycles. The van der Waals surface area contributed by atoms with Gasteiger partial charge in [-0.3, -0.25) is 14.4 Å². The summed E-state index contributed by atoms with van der Waals surface area (Å²) in [7, 11) is 0. The van der Waals surface area contributed by atoms with Crippen molar-refractivity contribution in [2.75, 3.05) is 10.6 Å². The van der Waals surface area contributed by atoms with E-state index in [9.17, 15) is 14.4 Å². The zero-order chi connectivity index (χ0) is 28.5. The van der Waals surface area contributed by atoms with Crippen LogP contribution in [0.2, 0.25) is 0 Å². The Labute approximate surface area is 242 Å². The molecule has 3 aromatic carbocycles. The first-order chi connectivity index (χ1) is 19.3. The molecular formula is C32H31N3O3S2. The largest absolute Gasteiger partial charge is 0.325 e. The van der Waals surface area contributed by atoms with Crippen LogP contribution in [0.3, 0.4) is 0 Å². The summed E-state index contributed by atoms with van der Waals surface area (Å²) in [4.78, 5) is 40.9. The van der Waals surface area contributed by atoms with Crippen molar-refractivity contribution >= 4 is 58.3 Å². The minimum absolute atomic E-state index is 0.0707. The fourth-order valence-electron chi connectivity index (χ4n) is 3.96. The van der Waals surface area contributed by atoms with E-state index in [0.29, 0.717) is 17.7 Å². The number of amides is 3. The molecule has 3 amide bonds. The Bertz CT molecular complexity index is 1520. The van der Waals surface area contributed by atoms with E-state index >= 15 is 0 Å². The molecule has 204 valence electrons. The van der Waals surface area contributed by atoms with E-state index in [2.05, 4.69) is 16.0 Å². The number of hydrogen-bond donors (Lipinski definition) is 3. The standard InChI is InChI=1S/C32H31N3O3S2/c1-4-29(32(38)34-27-16-15-21(2)18-22(27)3)40-26-13-8-12-24(19-26)33-31(37)28(20-25-14-9-17-39-25)35-30(36)23-10-6-5-7-11-23/h5-20,29H,4H2,1-3H3,(H,33,37)(H,34,38)(H,35,36)/b28-20-. The molecule has 4 aromatic rings. The lowest BCUT2D eigenvalue weighted by Crippen LogP contribution is -2.30. The molecule has 1 atom stereocenters. The summed E-state index contributed by atoms with van der Waals surface area (Å²) in [6.45, 7) is 5.97. The van der Waals surface area contributed by atoms with Crippen LogP contribution in [-0.2, 0) is 9.59 Å². The Morgan fingerprint density at radius 2 is 1.70 bits per heavy atom. The molecule has 4 rings (SSSR count). The lowest BCUT2D eigenvalue weighted by Gasteiger charge is -2.17. The molecule has 0 fully saturated rings. The third-order valence-corrected chi connectivity index (χ3v) is 8.21. The van der Waals surface area contributed by atoms with Crippen molar-refractivity contribution in [1.29, 1.82) is 0 Å². The van der Waals surface area contributed by atoms with Gasteiger partial charge in [0.25, 0.3) is 11.8 Å². The van der Waals surface area contributed by atoms with Gasteiger partial charge in [0.2, 0.25) is 5.91 Å². The number of carbonyl (C=O) groups excluding carboxylic acids is 3. The number of thioether (sulfide) groups is 1. The van der Waals surface area contributed by atoms with E-state index in [0.717, 1.165) is 26.6 Å². The summed E-state index contributed by atoms with van der Waals surface area (Å²) in [6, 6.07) is 25.8. The molecule has 0 spiro atoms. The van der Waals surface area contributed by atoms with Gasteiger partial charge in [0.05, 0.1) is 5.25 Å². The first-order valence-corrected chi connectivity index (χ1v) is 14.7. The van der Waals surface area contributed by atoms with Crippen LogP contribution < -0.4 is 16.0 Å². The third kappa shape index (κ3) is 7.94. The van der Waals surface area contributed by atoms with Gasteiger partial charge in [0.15, 0.2) is 0 Å². The molecule has 0 aliphatic heterocycles. The summed E-state index contributed by atoms with van der Waals surface area (Å²) >= 11 is 2.91. The number of thiophene rings is 1. The van der Waals surface area contributed by atoms with Crippen LogP contribution in [0.15, 0.2) is 101 Å². The molecule has 1 heterocycles. The Morgan fingerprint density at radius 1 is 0.900 bits per heavy atom. The van der Waals surface area contributed by atoms with Crippen LogP contribution in [0, 0.1) is 13.8 Å². The van der Waals surface area contributed by atoms with Gasteiger partial charge in [0.1, 0.15) is 5.70 Å². The molecule has 40 heavy (non-hydrogen) atoms. The van der Waals surface area contributed by atoms with E-state index in [4.69, 9.17) is 0 Å². The summed E-state index contributed by atoms with van der Waals surface area (Å²) in [5, 5.41) is 10.3. The number of anilines is 2. The smallest absolute Gasteiger partial charge is 0.272 e. The van der Waals surface area contributed by atoms with E-state index in [1.165, 1.54) is 23.1 Å². The van der Waals surface area contributed by atoms with E-state index in [-0.39, 0.29) is 22.8 Å². The molecule has 0 aliphatic rings. The normalized spacial score (nSPS) is 11.9. The van der Waals surface area contributed by atoms with Crippen LogP contribution in [-0.4, -0.2) is 23.0 Å². The molecule has 0 saturated heterocycles. The van der Waals surface area contributed by atoms with Gasteiger partial charge in [-0.05, 0) is 79.8 Å². The van der Waals surface area contributed by atoms with Gasteiger partial charge in [-0.2, -0.15) is 0 Å². The Balaban J connectivity index is 1.47. The summed E-state index contributed by atoms with van der Waals surface area (Å²) in [5.41, 5.74) is 4.11. The number of nitrogens with one attached hydrogen (secondary N) is 3. The molecule has 0 radical (unpaired) electrons. The predicted molar refractivity (Wildman–Crippen MR) is 166 cm³/mol. The summed E-state index contributed by atoms with van der Waals surface area (Å²) in [6.07, 6.45) is 2.29. The average molecular weight is 570 g/mol. The highest BCUT2D eigenvalue weighted by Crippen LogP contribution is 2.29. The fourth-order valence-corrected chi connectivity index (χ4v) is 5.63. The zero-order valence-electron chi connectivity index (χ0n) is 22.6. The molecule has 8 heteroatoms. The zero-order valence-corrected chi connectivity index (χ0v) is 24.2. The lowest BCUT2D eigenvalue weighted by atomic mass is 10.1.